The molecule has 0 saturated carbocycles. The molecule has 1 aromatic rings. The van der Waals surface area contributed by atoms with Gasteiger partial charge in [-0.05, 0) is 45.7 Å². The number of aliphatic hydroxyl groups excluding tert-OH is 1. The molecule has 1 aliphatic heterocycles. The monoisotopic (exact) mass is 334 g/mol. The van der Waals surface area contributed by atoms with Gasteiger partial charge in [-0.2, -0.15) is 0 Å². The van der Waals surface area contributed by atoms with E-state index in [-0.39, 0.29) is 18.6 Å². The standard InChI is InChI=1S/C18H26N2O4/c1-18(2,3)24-17(23)20(14-7-5-4-6-8-14)13-16(22)19-11-9-15(21)10-12-19/h4-8,15,21H,9-13H2,1-3H3. The van der Waals surface area contributed by atoms with Gasteiger partial charge in [-0.1, -0.05) is 18.2 Å². The van der Waals surface area contributed by atoms with Crippen LogP contribution >= 0.6 is 0 Å². The Morgan fingerprint density at radius 1 is 1.21 bits per heavy atom. The molecule has 2 amide bonds. The lowest BCUT2D eigenvalue weighted by Gasteiger charge is -2.32. The fourth-order valence-corrected chi connectivity index (χ4v) is 2.54. The van der Waals surface area contributed by atoms with Gasteiger partial charge in [0.15, 0.2) is 0 Å². The van der Waals surface area contributed by atoms with Crippen molar-refractivity contribution in [3.05, 3.63) is 30.3 Å². The Kier molecular flexibility index (Phi) is 5.83. The van der Waals surface area contributed by atoms with Gasteiger partial charge in [0, 0.05) is 18.8 Å². The first-order valence-corrected chi connectivity index (χ1v) is 8.27. The zero-order valence-corrected chi connectivity index (χ0v) is 14.6. The van der Waals surface area contributed by atoms with Crippen molar-refractivity contribution in [2.75, 3.05) is 24.5 Å². The second-order valence-corrected chi connectivity index (χ2v) is 7.01. The number of aliphatic hydroxyl groups is 1. The Morgan fingerprint density at radius 3 is 2.33 bits per heavy atom. The van der Waals surface area contributed by atoms with Crippen molar-refractivity contribution in [2.24, 2.45) is 0 Å². The van der Waals surface area contributed by atoms with E-state index < -0.39 is 11.7 Å². The number of hydrogen-bond acceptors (Lipinski definition) is 4. The van der Waals surface area contributed by atoms with Crippen LogP contribution in [0.25, 0.3) is 0 Å². The number of hydrogen-bond donors (Lipinski definition) is 1. The summed E-state index contributed by atoms with van der Waals surface area (Å²) in [6.45, 7) is 6.33. The van der Waals surface area contributed by atoms with Crippen molar-refractivity contribution in [1.29, 1.82) is 0 Å². The quantitative estimate of drug-likeness (QED) is 0.921. The van der Waals surface area contributed by atoms with E-state index in [1.165, 1.54) is 4.90 Å². The van der Waals surface area contributed by atoms with E-state index >= 15 is 0 Å². The average molecular weight is 334 g/mol. The summed E-state index contributed by atoms with van der Waals surface area (Å²) in [5, 5.41) is 9.56. The number of anilines is 1. The number of carbonyl (C=O) groups excluding carboxylic acids is 2. The van der Waals surface area contributed by atoms with E-state index in [9.17, 15) is 14.7 Å². The number of rotatable bonds is 3. The maximum atomic E-state index is 12.6. The van der Waals surface area contributed by atoms with Crippen molar-refractivity contribution in [1.82, 2.24) is 4.90 Å². The van der Waals surface area contributed by atoms with Crippen molar-refractivity contribution < 1.29 is 19.4 Å². The molecule has 1 saturated heterocycles. The van der Waals surface area contributed by atoms with Crippen LogP contribution in [0.5, 0.6) is 0 Å². The summed E-state index contributed by atoms with van der Waals surface area (Å²) in [4.78, 5) is 28.1. The van der Waals surface area contributed by atoms with Crippen LogP contribution in [0, 0.1) is 0 Å². The van der Waals surface area contributed by atoms with Gasteiger partial charge >= 0.3 is 6.09 Å². The van der Waals surface area contributed by atoms with Gasteiger partial charge in [-0.15, -0.1) is 0 Å². The molecule has 0 bridgehead atoms. The summed E-state index contributed by atoms with van der Waals surface area (Å²) in [7, 11) is 0. The van der Waals surface area contributed by atoms with Crippen LogP contribution in [-0.2, 0) is 9.53 Å². The van der Waals surface area contributed by atoms with E-state index in [1.54, 1.807) is 37.8 Å². The van der Waals surface area contributed by atoms with E-state index in [2.05, 4.69) is 0 Å². The molecule has 6 nitrogen and oxygen atoms in total. The topological polar surface area (TPSA) is 70.1 Å². The van der Waals surface area contributed by atoms with Crippen molar-refractivity contribution >= 4 is 17.7 Å². The van der Waals surface area contributed by atoms with Crippen LogP contribution in [-0.4, -0.2) is 53.3 Å². The molecule has 24 heavy (non-hydrogen) atoms. The van der Waals surface area contributed by atoms with Crippen LogP contribution in [0.15, 0.2) is 30.3 Å². The van der Waals surface area contributed by atoms with Gasteiger partial charge < -0.3 is 14.7 Å². The second kappa shape index (κ2) is 7.66. The number of ether oxygens (including phenoxy) is 1. The van der Waals surface area contributed by atoms with Crippen LogP contribution < -0.4 is 4.90 Å². The Balaban J connectivity index is 2.11. The number of para-hydroxylation sites is 1. The predicted octanol–water partition coefficient (Wildman–Crippen LogP) is 2.41. The van der Waals surface area contributed by atoms with Gasteiger partial charge in [-0.25, -0.2) is 4.79 Å². The molecule has 0 unspecified atom stereocenters. The van der Waals surface area contributed by atoms with E-state index in [1.807, 2.05) is 18.2 Å². The van der Waals surface area contributed by atoms with Gasteiger partial charge in [0.2, 0.25) is 5.91 Å². The SMILES string of the molecule is CC(C)(C)OC(=O)N(CC(=O)N1CCC(O)CC1)c1ccccc1. The Hall–Kier alpha value is -2.08. The van der Waals surface area contributed by atoms with Crippen molar-refractivity contribution in [3.8, 4) is 0 Å². The summed E-state index contributed by atoms with van der Waals surface area (Å²) in [5.74, 6) is -0.142. The molecule has 1 heterocycles. The second-order valence-electron chi connectivity index (χ2n) is 7.01. The molecule has 1 aliphatic rings. The smallest absolute Gasteiger partial charge is 0.415 e. The number of nitrogens with zero attached hydrogens (tertiary/aromatic N) is 2. The molecule has 0 atom stereocenters. The molecule has 2 rings (SSSR count). The average Bonchev–Trinajstić information content (AvgIpc) is 2.52. The fraction of sp³-hybridized carbons (Fsp3) is 0.556. The third-order valence-electron chi connectivity index (χ3n) is 3.79. The molecule has 1 N–H and O–H groups in total. The van der Waals surface area contributed by atoms with Crippen LogP contribution in [0.1, 0.15) is 33.6 Å². The molecule has 0 spiro atoms. The van der Waals surface area contributed by atoms with Gasteiger partial charge in [0.05, 0.1) is 6.10 Å². The molecule has 0 aromatic heterocycles. The lowest BCUT2D eigenvalue weighted by atomic mass is 10.1. The summed E-state index contributed by atoms with van der Waals surface area (Å²) >= 11 is 0. The zero-order valence-electron chi connectivity index (χ0n) is 14.6. The number of piperidine rings is 1. The van der Waals surface area contributed by atoms with Crippen LogP contribution in [0.3, 0.4) is 0 Å². The van der Waals surface area contributed by atoms with Crippen LogP contribution in [0.2, 0.25) is 0 Å². The number of benzene rings is 1. The highest BCUT2D eigenvalue weighted by Crippen LogP contribution is 2.19. The third kappa shape index (κ3) is 5.23. The first kappa shape index (κ1) is 18.3. The Labute approximate surface area is 143 Å². The minimum Gasteiger partial charge on any atom is -0.443 e. The molecule has 0 aliphatic carbocycles. The molecular formula is C18H26N2O4. The Morgan fingerprint density at radius 2 is 1.79 bits per heavy atom. The van der Waals surface area contributed by atoms with E-state index in [4.69, 9.17) is 4.74 Å². The predicted molar refractivity (Wildman–Crippen MR) is 91.8 cm³/mol. The van der Waals surface area contributed by atoms with E-state index in [0.29, 0.717) is 31.6 Å². The third-order valence-corrected chi connectivity index (χ3v) is 3.79. The van der Waals surface area contributed by atoms with Gasteiger partial charge in [0.25, 0.3) is 0 Å². The molecule has 1 fully saturated rings. The minimum absolute atomic E-state index is 0.0744. The Bertz CT molecular complexity index is 560. The normalized spacial score (nSPS) is 15.9. The molecule has 1 aromatic carbocycles. The number of likely N-dealkylation sites (tertiary alicyclic amines) is 1. The lowest BCUT2D eigenvalue weighted by molar-refractivity contribution is -0.131. The zero-order chi connectivity index (χ0) is 17.7. The van der Waals surface area contributed by atoms with Gasteiger partial charge in [-0.3, -0.25) is 9.69 Å². The summed E-state index contributed by atoms with van der Waals surface area (Å²) in [6.07, 6.45) is 0.261. The fourth-order valence-electron chi connectivity index (χ4n) is 2.54. The minimum atomic E-state index is -0.637. The van der Waals surface area contributed by atoms with Gasteiger partial charge in [0.1, 0.15) is 12.1 Å². The highest BCUT2D eigenvalue weighted by atomic mass is 16.6. The van der Waals surface area contributed by atoms with Crippen molar-refractivity contribution in [2.45, 2.75) is 45.3 Å². The van der Waals surface area contributed by atoms with Crippen molar-refractivity contribution in [3.63, 3.8) is 0 Å². The van der Waals surface area contributed by atoms with E-state index in [0.717, 1.165) is 0 Å². The number of carbonyl (C=O) groups is 2. The first-order chi connectivity index (χ1) is 11.3. The lowest BCUT2D eigenvalue weighted by Crippen LogP contribution is -2.47. The first-order valence-electron chi connectivity index (χ1n) is 8.27. The summed E-state index contributed by atoms with van der Waals surface area (Å²) < 4.78 is 5.44. The number of amides is 2. The maximum absolute atomic E-state index is 12.6. The highest BCUT2D eigenvalue weighted by Gasteiger charge is 2.28. The van der Waals surface area contributed by atoms with Crippen LogP contribution in [0.4, 0.5) is 10.5 Å². The summed E-state index contributed by atoms with van der Waals surface area (Å²) in [6, 6.07) is 9.03. The molecule has 132 valence electrons. The molecule has 6 heteroatoms. The molecular weight excluding hydrogens is 308 g/mol. The molecule has 0 radical (unpaired) electrons. The maximum Gasteiger partial charge on any atom is 0.415 e. The highest BCUT2D eigenvalue weighted by molar-refractivity contribution is 5.95. The summed E-state index contributed by atoms with van der Waals surface area (Å²) in [5.41, 5.74) is -0.0142. The largest absolute Gasteiger partial charge is 0.443 e.